The Labute approximate surface area is 157 Å². The van der Waals surface area contributed by atoms with Crippen LogP contribution in [0.3, 0.4) is 0 Å². The van der Waals surface area contributed by atoms with Crippen LogP contribution in [-0.4, -0.2) is 35.2 Å². The van der Waals surface area contributed by atoms with Gasteiger partial charge in [-0.25, -0.2) is 5.43 Å². The third kappa shape index (κ3) is 4.81. The maximum atomic E-state index is 12.1. The van der Waals surface area contributed by atoms with Gasteiger partial charge >= 0.3 is 0 Å². The highest BCUT2D eigenvalue weighted by molar-refractivity contribution is 5.95. The van der Waals surface area contributed by atoms with Gasteiger partial charge in [0.05, 0.1) is 11.1 Å². The molecule has 8 nitrogen and oxygen atoms in total. The van der Waals surface area contributed by atoms with Gasteiger partial charge in [0, 0.05) is 47.6 Å². The minimum absolute atomic E-state index is 0.0479. The van der Waals surface area contributed by atoms with Crippen LogP contribution in [0.4, 0.5) is 11.4 Å². The lowest BCUT2D eigenvalue weighted by Gasteiger charge is -2.21. The Balaban J connectivity index is 2.08. The first-order valence-corrected chi connectivity index (χ1v) is 8.53. The summed E-state index contributed by atoms with van der Waals surface area (Å²) in [4.78, 5) is 24.5. The van der Waals surface area contributed by atoms with Crippen molar-refractivity contribution >= 4 is 23.5 Å². The molecule has 0 aliphatic heterocycles. The number of amides is 1. The van der Waals surface area contributed by atoms with E-state index in [-0.39, 0.29) is 17.0 Å². The second kappa shape index (κ2) is 8.79. The number of carbonyl (C=O) groups is 1. The summed E-state index contributed by atoms with van der Waals surface area (Å²) >= 11 is 0. The Morgan fingerprint density at radius 3 is 2.52 bits per heavy atom. The van der Waals surface area contributed by atoms with E-state index in [1.807, 2.05) is 19.9 Å². The topological polar surface area (TPSA) is 108 Å². The van der Waals surface area contributed by atoms with E-state index in [2.05, 4.69) is 15.4 Å². The minimum Gasteiger partial charge on any atom is -0.507 e. The Hall–Kier alpha value is -3.42. The van der Waals surface area contributed by atoms with E-state index < -0.39 is 10.8 Å². The number of aryl methyl sites for hydroxylation is 1. The van der Waals surface area contributed by atoms with Gasteiger partial charge in [-0.3, -0.25) is 14.9 Å². The number of hydrogen-bond acceptors (Lipinski definition) is 6. The van der Waals surface area contributed by atoms with E-state index >= 15 is 0 Å². The van der Waals surface area contributed by atoms with Crippen LogP contribution < -0.4 is 10.3 Å². The van der Waals surface area contributed by atoms with E-state index in [0.717, 1.165) is 18.8 Å². The molecule has 27 heavy (non-hydrogen) atoms. The Morgan fingerprint density at radius 1 is 1.26 bits per heavy atom. The number of carbonyl (C=O) groups excluding carboxylic acids is 1. The van der Waals surface area contributed by atoms with Crippen molar-refractivity contribution in [1.29, 1.82) is 0 Å². The van der Waals surface area contributed by atoms with Crippen LogP contribution in [0.15, 0.2) is 41.5 Å². The summed E-state index contributed by atoms with van der Waals surface area (Å²) in [5.41, 5.74) is 4.32. The number of phenolic OH excluding ortho intramolecular Hbond substituents is 1. The van der Waals surface area contributed by atoms with Crippen LogP contribution in [0.2, 0.25) is 0 Å². The zero-order valence-electron chi connectivity index (χ0n) is 15.5. The van der Waals surface area contributed by atoms with Crippen molar-refractivity contribution in [2.24, 2.45) is 5.10 Å². The molecule has 0 aromatic heterocycles. The van der Waals surface area contributed by atoms with Gasteiger partial charge in [-0.15, -0.1) is 0 Å². The lowest BCUT2D eigenvalue weighted by molar-refractivity contribution is -0.385. The smallest absolute Gasteiger partial charge is 0.272 e. The molecule has 1 amide bonds. The molecule has 0 unspecified atom stereocenters. The van der Waals surface area contributed by atoms with Gasteiger partial charge in [0.25, 0.3) is 11.6 Å². The first-order chi connectivity index (χ1) is 12.9. The molecule has 0 radical (unpaired) electrons. The van der Waals surface area contributed by atoms with Gasteiger partial charge in [-0.1, -0.05) is 0 Å². The number of phenols is 1. The van der Waals surface area contributed by atoms with Gasteiger partial charge < -0.3 is 10.0 Å². The number of nitrogens with one attached hydrogen (secondary N) is 1. The Morgan fingerprint density at radius 2 is 1.96 bits per heavy atom. The number of rotatable bonds is 7. The molecular formula is C19H22N4O4. The Kier molecular flexibility index (Phi) is 6.48. The zero-order chi connectivity index (χ0) is 20.0. The highest BCUT2D eigenvalue weighted by atomic mass is 16.6. The molecule has 2 aromatic rings. The molecule has 142 valence electrons. The average Bonchev–Trinajstić information content (AvgIpc) is 2.63. The van der Waals surface area contributed by atoms with Crippen LogP contribution in [0.25, 0.3) is 0 Å². The maximum absolute atomic E-state index is 12.1. The summed E-state index contributed by atoms with van der Waals surface area (Å²) < 4.78 is 0. The summed E-state index contributed by atoms with van der Waals surface area (Å²) in [6.45, 7) is 7.28. The van der Waals surface area contributed by atoms with E-state index in [4.69, 9.17) is 0 Å². The van der Waals surface area contributed by atoms with Crippen molar-refractivity contribution in [3.8, 4) is 5.75 Å². The van der Waals surface area contributed by atoms with E-state index in [9.17, 15) is 20.0 Å². The molecule has 0 saturated carbocycles. The number of hydrogen-bond donors (Lipinski definition) is 2. The number of nitrogens with zero attached hydrogens (tertiary/aromatic N) is 3. The lowest BCUT2D eigenvalue weighted by atomic mass is 10.1. The van der Waals surface area contributed by atoms with Crippen LogP contribution in [-0.2, 0) is 0 Å². The number of aromatic hydroxyl groups is 1. The van der Waals surface area contributed by atoms with Crippen molar-refractivity contribution in [3.63, 3.8) is 0 Å². The van der Waals surface area contributed by atoms with E-state index in [1.165, 1.54) is 24.4 Å². The summed E-state index contributed by atoms with van der Waals surface area (Å²) in [5, 5.41) is 24.8. The molecule has 0 spiro atoms. The van der Waals surface area contributed by atoms with E-state index in [1.54, 1.807) is 19.1 Å². The fourth-order valence-electron chi connectivity index (χ4n) is 2.65. The number of anilines is 1. The van der Waals surface area contributed by atoms with Gasteiger partial charge in [0.1, 0.15) is 5.75 Å². The van der Waals surface area contributed by atoms with E-state index in [0.29, 0.717) is 11.1 Å². The molecule has 0 heterocycles. The molecule has 0 aliphatic carbocycles. The molecular weight excluding hydrogens is 348 g/mol. The highest BCUT2D eigenvalue weighted by Gasteiger charge is 2.13. The SMILES string of the molecule is CCN(CC)c1ccc(C=NNC(=O)c2ccc([N+](=O)[O-])c(C)c2)c(O)c1. The molecule has 2 N–H and O–H groups in total. The number of benzene rings is 2. The maximum Gasteiger partial charge on any atom is 0.272 e. The number of nitro benzene ring substituents is 1. The monoisotopic (exact) mass is 370 g/mol. The lowest BCUT2D eigenvalue weighted by Crippen LogP contribution is -2.21. The summed E-state index contributed by atoms with van der Waals surface area (Å²) in [6.07, 6.45) is 1.34. The molecule has 0 fully saturated rings. The van der Waals surface area contributed by atoms with Crippen molar-refractivity contribution < 1.29 is 14.8 Å². The molecule has 2 rings (SSSR count). The van der Waals surface area contributed by atoms with Crippen molar-refractivity contribution in [3.05, 3.63) is 63.2 Å². The first-order valence-electron chi connectivity index (χ1n) is 8.53. The normalized spacial score (nSPS) is 10.8. The molecule has 0 atom stereocenters. The summed E-state index contributed by atoms with van der Waals surface area (Å²) in [5.74, 6) is -0.438. The highest BCUT2D eigenvalue weighted by Crippen LogP contribution is 2.23. The quantitative estimate of drug-likeness (QED) is 0.442. The second-order valence-electron chi connectivity index (χ2n) is 5.87. The number of hydrazone groups is 1. The summed E-state index contributed by atoms with van der Waals surface area (Å²) in [7, 11) is 0. The van der Waals surface area contributed by atoms with Crippen molar-refractivity contribution in [2.75, 3.05) is 18.0 Å². The van der Waals surface area contributed by atoms with Gasteiger partial charge in [-0.05, 0) is 45.0 Å². The largest absolute Gasteiger partial charge is 0.507 e. The van der Waals surface area contributed by atoms with Crippen LogP contribution in [0, 0.1) is 17.0 Å². The molecule has 8 heteroatoms. The summed E-state index contributed by atoms with van der Waals surface area (Å²) in [6, 6.07) is 9.32. The zero-order valence-corrected chi connectivity index (χ0v) is 15.5. The number of nitro groups is 1. The molecule has 0 saturated heterocycles. The Bertz CT molecular complexity index is 876. The first kappa shape index (κ1) is 19.9. The third-order valence-corrected chi connectivity index (χ3v) is 4.17. The van der Waals surface area contributed by atoms with Gasteiger partial charge in [0.2, 0.25) is 0 Å². The molecule has 0 aliphatic rings. The predicted molar refractivity (Wildman–Crippen MR) is 105 cm³/mol. The fraction of sp³-hybridized carbons (Fsp3) is 0.263. The fourth-order valence-corrected chi connectivity index (χ4v) is 2.65. The second-order valence-corrected chi connectivity index (χ2v) is 5.87. The van der Waals surface area contributed by atoms with Crippen LogP contribution >= 0.6 is 0 Å². The predicted octanol–water partition coefficient (Wildman–Crippen LogP) is 3.22. The van der Waals surface area contributed by atoms with Gasteiger partial charge in [0.15, 0.2) is 0 Å². The van der Waals surface area contributed by atoms with Crippen molar-refractivity contribution in [1.82, 2.24) is 5.43 Å². The van der Waals surface area contributed by atoms with Crippen molar-refractivity contribution in [2.45, 2.75) is 20.8 Å². The van der Waals surface area contributed by atoms with Crippen LogP contribution in [0.1, 0.15) is 35.3 Å². The molecule has 2 aromatic carbocycles. The van der Waals surface area contributed by atoms with Crippen LogP contribution in [0.5, 0.6) is 5.75 Å². The minimum atomic E-state index is -0.500. The third-order valence-electron chi connectivity index (χ3n) is 4.17. The standard InChI is InChI=1S/C19H22N4O4/c1-4-22(5-2)16-8-6-15(18(24)11-16)12-20-21-19(25)14-7-9-17(23(26)27)13(3)10-14/h6-12,24H,4-5H2,1-3H3,(H,21,25). The van der Waals surface area contributed by atoms with Gasteiger partial charge in [-0.2, -0.15) is 5.10 Å². The average molecular weight is 370 g/mol. The molecule has 0 bridgehead atoms.